The molecule has 0 aliphatic carbocycles. The van der Waals surface area contributed by atoms with Crippen LogP contribution in [0.25, 0.3) is 0 Å². The fourth-order valence-electron chi connectivity index (χ4n) is 2.94. The van der Waals surface area contributed by atoms with E-state index in [2.05, 4.69) is 59.1 Å². The number of benzene rings is 1. The Morgan fingerprint density at radius 2 is 2.04 bits per heavy atom. The van der Waals surface area contributed by atoms with Gasteiger partial charge in [-0.3, -0.25) is 0 Å². The van der Waals surface area contributed by atoms with Gasteiger partial charge < -0.3 is 15.0 Å². The predicted molar refractivity (Wildman–Crippen MR) is 103 cm³/mol. The number of nitrogens with one attached hydrogen (secondary N) is 1. The van der Waals surface area contributed by atoms with Gasteiger partial charge in [-0.1, -0.05) is 0 Å². The SMILES string of the molecule is CC(CC1CCCN1C(=O)OC(C)(C)C)Nc1ccc(I)cc1. The lowest BCUT2D eigenvalue weighted by Crippen LogP contribution is -2.41. The van der Waals surface area contributed by atoms with E-state index >= 15 is 0 Å². The lowest BCUT2D eigenvalue weighted by atomic mass is 10.1. The first-order valence-corrected chi connectivity index (χ1v) is 9.34. The summed E-state index contributed by atoms with van der Waals surface area (Å²) in [5.74, 6) is 0. The van der Waals surface area contributed by atoms with E-state index in [1.165, 1.54) is 3.57 Å². The van der Waals surface area contributed by atoms with E-state index in [9.17, 15) is 4.79 Å². The van der Waals surface area contributed by atoms with Crippen molar-refractivity contribution in [3.05, 3.63) is 27.8 Å². The Balaban J connectivity index is 1.90. The summed E-state index contributed by atoms with van der Waals surface area (Å²) in [6.45, 7) is 8.71. The van der Waals surface area contributed by atoms with Crippen molar-refractivity contribution in [2.75, 3.05) is 11.9 Å². The molecule has 1 heterocycles. The van der Waals surface area contributed by atoms with Gasteiger partial charge in [-0.25, -0.2) is 4.79 Å². The number of anilines is 1. The molecule has 2 atom stereocenters. The van der Waals surface area contributed by atoms with Gasteiger partial charge >= 0.3 is 6.09 Å². The van der Waals surface area contributed by atoms with Gasteiger partial charge in [0.1, 0.15) is 5.60 Å². The first kappa shape index (κ1) is 18.4. The summed E-state index contributed by atoms with van der Waals surface area (Å²) < 4.78 is 6.76. The molecule has 1 aliphatic heterocycles. The topological polar surface area (TPSA) is 41.6 Å². The molecule has 1 aromatic rings. The smallest absolute Gasteiger partial charge is 0.410 e. The van der Waals surface area contributed by atoms with E-state index in [1.54, 1.807) is 0 Å². The molecule has 1 fully saturated rings. The molecule has 1 aliphatic rings. The highest BCUT2D eigenvalue weighted by Crippen LogP contribution is 2.25. The Bertz CT molecular complexity index is 525. The van der Waals surface area contributed by atoms with E-state index < -0.39 is 5.60 Å². The number of ether oxygens (including phenoxy) is 1. The zero-order chi connectivity index (χ0) is 17.0. The van der Waals surface area contributed by atoms with Gasteiger partial charge in [0.15, 0.2) is 0 Å². The molecule has 1 N–H and O–H groups in total. The zero-order valence-corrected chi connectivity index (χ0v) is 16.6. The van der Waals surface area contributed by atoms with Crippen LogP contribution < -0.4 is 5.32 Å². The van der Waals surface area contributed by atoms with Gasteiger partial charge in [0.2, 0.25) is 0 Å². The highest BCUT2D eigenvalue weighted by atomic mass is 127. The summed E-state index contributed by atoms with van der Waals surface area (Å²) in [5, 5.41) is 3.52. The van der Waals surface area contributed by atoms with Crippen molar-refractivity contribution in [2.24, 2.45) is 0 Å². The Labute approximate surface area is 153 Å². The molecule has 4 nitrogen and oxygen atoms in total. The van der Waals surface area contributed by atoms with Crippen LogP contribution in [0.2, 0.25) is 0 Å². The van der Waals surface area contributed by atoms with Crippen molar-refractivity contribution in [1.29, 1.82) is 0 Å². The van der Waals surface area contributed by atoms with Gasteiger partial charge in [0, 0.05) is 27.9 Å². The molecule has 0 aromatic heterocycles. The maximum absolute atomic E-state index is 12.3. The van der Waals surface area contributed by atoms with Crippen LogP contribution in [0.5, 0.6) is 0 Å². The van der Waals surface area contributed by atoms with Crippen LogP contribution in [0.15, 0.2) is 24.3 Å². The van der Waals surface area contributed by atoms with Crippen molar-refractivity contribution < 1.29 is 9.53 Å². The fourth-order valence-corrected chi connectivity index (χ4v) is 3.30. The molecule has 2 rings (SSSR count). The van der Waals surface area contributed by atoms with Gasteiger partial charge in [0.05, 0.1) is 0 Å². The quantitative estimate of drug-likeness (QED) is 0.693. The summed E-state index contributed by atoms with van der Waals surface area (Å²) in [4.78, 5) is 14.2. The number of amides is 1. The van der Waals surface area contributed by atoms with Crippen LogP contribution in [-0.2, 0) is 4.74 Å². The number of carbonyl (C=O) groups is 1. The van der Waals surface area contributed by atoms with Crippen LogP contribution >= 0.6 is 22.6 Å². The third-order valence-electron chi connectivity index (χ3n) is 3.89. The lowest BCUT2D eigenvalue weighted by Gasteiger charge is -2.30. The summed E-state index contributed by atoms with van der Waals surface area (Å²) in [6.07, 6.45) is 2.87. The normalized spacial score (nSPS) is 19.5. The molecule has 1 aromatic carbocycles. The Morgan fingerprint density at radius 1 is 1.39 bits per heavy atom. The second kappa shape index (κ2) is 7.73. The monoisotopic (exact) mass is 430 g/mol. The summed E-state index contributed by atoms with van der Waals surface area (Å²) in [5.41, 5.74) is 0.690. The van der Waals surface area contributed by atoms with Crippen molar-refractivity contribution in [1.82, 2.24) is 4.90 Å². The molecule has 5 heteroatoms. The predicted octanol–water partition coefficient (Wildman–Crippen LogP) is 4.88. The van der Waals surface area contributed by atoms with Crippen molar-refractivity contribution in [2.45, 2.75) is 64.6 Å². The second-order valence-electron chi connectivity index (χ2n) is 7.26. The largest absolute Gasteiger partial charge is 0.444 e. The highest BCUT2D eigenvalue weighted by molar-refractivity contribution is 14.1. The fraction of sp³-hybridized carbons (Fsp3) is 0.611. The maximum atomic E-state index is 12.3. The van der Waals surface area contributed by atoms with Crippen molar-refractivity contribution in [3.63, 3.8) is 0 Å². The first-order chi connectivity index (χ1) is 10.7. The molecule has 1 amide bonds. The third-order valence-corrected chi connectivity index (χ3v) is 4.61. The van der Waals surface area contributed by atoms with Crippen LogP contribution in [0.4, 0.5) is 10.5 Å². The molecule has 0 bridgehead atoms. The Morgan fingerprint density at radius 3 is 2.65 bits per heavy atom. The average Bonchev–Trinajstić information content (AvgIpc) is 2.87. The minimum Gasteiger partial charge on any atom is -0.444 e. The molecule has 0 saturated carbocycles. The molecule has 2 unspecified atom stereocenters. The highest BCUT2D eigenvalue weighted by Gasteiger charge is 2.32. The summed E-state index contributed by atoms with van der Waals surface area (Å²) >= 11 is 2.30. The number of likely N-dealkylation sites (tertiary alicyclic amines) is 1. The summed E-state index contributed by atoms with van der Waals surface area (Å²) in [7, 11) is 0. The number of halogens is 1. The van der Waals surface area contributed by atoms with Gasteiger partial charge in [0.25, 0.3) is 0 Å². The number of carbonyl (C=O) groups excluding carboxylic acids is 1. The number of nitrogens with zero attached hydrogens (tertiary/aromatic N) is 1. The number of rotatable bonds is 4. The standard InChI is InChI=1S/C18H27IN2O2/c1-13(20-15-9-7-14(19)8-10-15)12-16-6-5-11-21(16)17(22)23-18(2,3)4/h7-10,13,16,20H,5-6,11-12H2,1-4H3. The van der Waals surface area contributed by atoms with Crippen LogP contribution in [0.1, 0.15) is 47.0 Å². The van der Waals surface area contributed by atoms with Gasteiger partial charge in [-0.05, 0) is 93.8 Å². The maximum Gasteiger partial charge on any atom is 0.410 e. The van der Waals surface area contributed by atoms with E-state index in [0.29, 0.717) is 6.04 Å². The van der Waals surface area contributed by atoms with Crippen molar-refractivity contribution >= 4 is 34.4 Å². The van der Waals surface area contributed by atoms with E-state index in [4.69, 9.17) is 4.74 Å². The Kier molecular flexibility index (Phi) is 6.17. The molecule has 1 saturated heterocycles. The lowest BCUT2D eigenvalue weighted by molar-refractivity contribution is 0.0218. The van der Waals surface area contributed by atoms with Gasteiger partial charge in [-0.15, -0.1) is 0 Å². The van der Waals surface area contributed by atoms with Crippen molar-refractivity contribution in [3.8, 4) is 0 Å². The van der Waals surface area contributed by atoms with E-state index in [-0.39, 0.29) is 12.1 Å². The molecule has 0 spiro atoms. The molecule has 23 heavy (non-hydrogen) atoms. The molecular formula is C18H27IN2O2. The molecule has 0 radical (unpaired) electrons. The zero-order valence-electron chi connectivity index (χ0n) is 14.4. The second-order valence-corrected chi connectivity index (χ2v) is 8.50. The molecular weight excluding hydrogens is 403 g/mol. The van der Waals surface area contributed by atoms with Crippen LogP contribution in [0.3, 0.4) is 0 Å². The van der Waals surface area contributed by atoms with Crippen LogP contribution in [-0.4, -0.2) is 35.2 Å². The van der Waals surface area contributed by atoms with E-state index in [0.717, 1.165) is 31.5 Å². The third kappa shape index (κ3) is 5.86. The first-order valence-electron chi connectivity index (χ1n) is 8.26. The van der Waals surface area contributed by atoms with Gasteiger partial charge in [-0.2, -0.15) is 0 Å². The number of hydrogen-bond donors (Lipinski definition) is 1. The van der Waals surface area contributed by atoms with E-state index in [1.807, 2.05) is 25.7 Å². The minimum absolute atomic E-state index is 0.179. The molecule has 128 valence electrons. The summed E-state index contributed by atoms with van der Waals surface area (Å²) in [6, 6.07) is 8.95. The minimum atomic E-state index is -0.435. The van der Waals surface area contributed by atoms with Crippen LogP contribution in [0, 0.1) is 3.57 Å². The number of hydrogen-bond acceptors (Lipinski definition) is 3. The average molecular weight is 430 g/mol. The Hall–Kier alpha value is -0.980.